The van der Waals surface area contributed by atoms with Crippen LogP contribution in [0.2, 0.25) is 0 Å². The molecule has 0 saturated carbocycles. The van der Waals surface area contributed by atoms with Gasteiger partial charge in [0.25, 0.3) is 0 Å². The first-order valence-corrected chi connectivity index (χ1v) is 8.19. The molecule has 2 aliphatic heterocycles. The number of rotatable bonds is 3. The Morgan fingerprint density at radius 3 is 2.32 bits per heavy atom. The minimum absolute atomic E-state index is 0.334. The molecule has 2 aliphatic rings. The summed E-state index contributed by atoms with van der Waals surface area (Å²) in [5, 5.41) is 3.69. The van der Waals surface area contributed by atoms with Crippen molar-refractivity contribution in [3.05, 3.63) is 0 Å². The lowest BCUT2D eigenvalue weighted by atomic mass is 9.97. The molecule has 2 atom stereocenters. The lowest BCUT2D eigenvalue weighted by molar-refractivity contribution is 0.0410. The first-order chi connectivity index (χ1) is 8.97. The number of piperazine rings is 1. The smallest absolute Gasteiger partial charge is 0.0126 e. The summed E-state index contributed by atoms with van der Waals surface area (Å²) < 4.78 is 0. The molecule has 112 valence electrons. The molecule has 2 saturated heterocycles. The largest absolute Gasteiger partial charge is 0.314 e. The number of nitrogens with one attached hydrogen (secondary N) is 1. The molecule has 0 aromatic heterocycles. The SMILES string of the molecule is CC(CC1CCCCN1)N1CCN(C(C)(C)C)CC1. The lowest BCUT2D eigenvalue weighted by Gasteiger charge is -2.44. The van der Waals surface area contributed by atoms with E-state index in [9.17, 15) is 0 Å². The van der Waals surface area contributed by atoms with E-state index in [1.807, 2.05) is 0 Å². The lowest BCUT2D eigenvalue weighted by Crippen LogP contribution is -2.55. The molecular weight excluding hydrogens is 234 g/mol. The van der Waals surface area contributed by atoms with Crippen LogP contribution in [0.5, 0.6) is 0 Å². The molecule has 0 spiro atoms. The molecule has 2 unspecified atom stereocenters. The molecule has 3 nitrogen and oxygen atoms in total. The molecule has 19 heavy (non-hydrogen) atoms. The summed E-state index contributed by atoms with van der Waals surface area (Å²) in [6, 6.07) is 1.50. The normalized spacial score (nSPS) is 29.4. The topological polar surface area (TPSA) is 18.5 Å². The van der Waals surface area contributed by atoms with E-state index >= 15 is 0 Å². The highest BCUT2D eigenvalue weighted by Crippen LogP contribution is 2.20. The van der Waals surface area contributed by atoms with Gasteiger partial charge in [0.2, 0.25) is 0 Å². The van der Waals surface area contributed by atoms with Gasteiger partial charge < -0.3 is 5.32 Å². The second-order valence-corrected chi connectivity index (χ2v) is 7.43. The molecule has 0 amide bonds. The monoisotopic (exact) mass is 267 g/mol. The maximum absolute atomic E-state index is 3.69. The fraction of sp³-hybridized carbons (Fsp3) is 1.00. The fourth-order valence-corrected chi connectivity index (χ4v) is 3.52. The van der Waals surface area contributed by atoms with Crippen molar-refractivity contribution in [1.29, 1.82) is 0 Å². The standard InChI is InChI=1S/C16H33N3/c1-14(13-15-7-5-6-8-17-15)18-9-11-19(12-10-18)16(2,3)4/h14-15,17H,5-13H2,1-4H3. The van der Waals surface area contributed by atoms with Gasteiger partial charge in [0, 0.05) is 43.8 Å². The van der Waals surface area contributed by atoms with Gasteiger partial charge in [-0.1, -0.05) is 6.42 Å². The highest BCUT2D eigenvalue weighted by Gasteiger charge is 2.28. The summed E-state index contributed by atoms with van der Waals surface area (Å²) in [5.41, 5.74) is 0.334. The van der Waals surface area contributed by atoms with Gasteiger partial charge in [-0.05, 0) is 53.5 Å². The van der Waals surface area contributed by atoms with Gasteiger partial charge >= 0.3 is 0 Å². The van der Waals surface area contributed by atoms with E-state index in [0.29, 0.717) is 5.54 Å². The molecule has 2 heterocycles. The van der Waals surface area contributed by atoms with Crippen molar-refractivity contribution < 1.29 is 0 Å². The Morgan fingerprint density at radius 1 is 1.11 bits per heavy atom. The molecular formula is C16H33N3. The molecule has 3 heteroatoms. The Hall–Kier alpha value is -0.120. The van der Waals surface area contributed by atoms with Crippen LogP contribution in [0.25, 0.3) is 0 Å². The zero-order chi connectivity index (χ0) is 13.9. The maximum atomic E-state index is 3.69. The van der Waals surface area contributed by atoms with E-state index in [1.165, 1.54) is 58.4 Å². The van der Waals surface area contributed by atoms with E-state index in [0.717, 1.165) is 12.1 Å². The Kier molecular flexibility index (Phi) is 5.27. The van der Waals surface area contributed by atoms with E-state index < -0.39 is 0 Å². The Balaban J connectivity index is 1.74. The molecule has 2 fully saturated rings. The van der Waals surface area contributed by atoms with Crippen LogP contribution in [0.4, 0.5) is 0 Å². The fourth-order valence-electron chi connectivity index (χ4n) is 3.52. The third-order valence-corrected chi connectivity index (χ3v) is 4.92. The first kappa shape index (κ1) is 15.3. The van der Waals surface area contributed by atoms with Gasteiger partial charge in [-0.25, -0.2) is 0 Å². The number of hydrogen-bond acceptors (Lipinski definition) is 3. The maximum Gasteiger partial charge on any atom is 0.0126 e. The molecule has 2 rings (SSSR count). The Labute approximate surface area is 119 Å². The molecule has 0 radical (unpaired) electrons. The van der Waals surface area contributed by atoms with Crippen LogP contribution in [0.3, 0.4) is 0 Å². The first-order valence-electron chi connectivity index (χ1n) is 8.19. The van der Waals surface area contributed by atoms with Crippen molar-refractivity contribution in [3.63, 3.8) is 0 Å². The van der Waals surface area contributed by atoms with Gasteiger partial charge in [0.1, 0.15) is 0 Å². The van der Waals surface area contributed by atoms with E-state index in [-0.39, 0.29) is 0 Å². The number of piperidine rings is 1. The molecule has 0 aromatic rings. The zero-order valence-electron chi connectivity index (χ0n) is 13.4. The van der Waals surface area contributed by atoms with Gasteiger partial charge in [0.15, 0.2) is 0 Å². The molecule has 0 aromatic carbocycles. The Bertz CT molecular complexity index is 258. The number of hydrogen-bond donors (Lipinski definition) is 1. The molecule has 0 aliphatic carbocycles. The van der Waals surface area contributed by atoms with E-state index in [4.69, 9.17) is 0 Å². The second kappa shape index (κ2) is 6.55. The summed E-state index contributed by atoms with van der Waals surface area (Å²) in [4.78, 5) is 5.31. The van der Waals surface area contributed by atoms with E-state index in [2.05, 4.69) is 42.8 Å². The van der Waals surface area contributed by atoms with Gasteiger partial charge in [0.05, 0.1) is 0 Å². The average Bonchev–Trinajstić information content (AvgIpc) is 2.39. The predicted molar refractivity (Wildman–Crippen MR) is 82.6 cm³/mol. The van der Waals surface area contributed by atoms with Gasteiger partial charge in [-0.3, -0.25) is 9.80 Å². The van der Waals surface area contributed by atoms with E-state index in [1.54, 1.807) is 0 Å². The van der Waals surface area contributed by atoms with Crippen LogP contribution < -0.4 is 5.32 Å². The molecule has 1 N–H and O–H groups in total. The quantitative estimate of drug-likeness (QED) is 0.846. The third-order valence-electron chi connectivity index (χ3n) is 4.92. The Morgan fingerprint density at radius 2 is 1.79 bits per heavy atom. The minimum atomic E-state index is 0.334. The summed E-state index contributed by atoms with van der Waals surface area (Å²) in [6.07, 6.45) is 5.50. The third kappa shape index (κ3) is 4.44. The highest BCUT2D eigenvalue weighted by atomic mass is 15.3. The highest BCUT2D eigenvalue weighted by molar-refractivity contribution is 4.85. The minimum Gasteiger partial charge on any atom is -0.314 e. The van der Waals surface area contributed by atoms with Gasteiger partial charge in [-0.2, -0.15) is 0 Å². The number of nitrogens with zero attached hydrogens (tertiary/aromatic N) is 2. The average molecular weight is 267 g/mol. The van der Waals surface area contributed by atoms with Crippen molar-refractivity contribution in [2.75, 3.05) is 32.7 Å². The second-order valence-electron chi connectivity index (χ2n) is 7.43. The summed E-state index contributed by atoms with van der Waals surface area (Å²) in [5.74, 6) is 0. The van der Waals surface area contributed by atoms with Crippen LogP contribution >= 0.6 is 0 Å². The summed E-state index contributed by atoms with van der Waals surface area (Å²) in [7, 11) is 0. The van der Waals surface area contributed by atoms with Crippen LogP contribution in [-0.2, 0) is 0 Å². The van der Waals surface area contributed by atoms with Gasteiger partial charge in [-0.15, -0.1) is 0 Å². The summed E-state index contributed by atoms with van der Waals surface area (Å²) >= 11 is 0. The predicted octanol–water partition coefficient (Wildman–Crippen LogP) is 2.32. The van der Waals surface area contributed by atoms with Crippen molar-refractivity contribution in [2.45, 2.75) is 71.0 Å². The zero-order valence-corrected chi connectivity index (χ0v) is 13.4. The van der Waals surface area contributed by atoms with Crippen LogP contribution in [0.1, 0.15) is 53.4 Å². The van der Waals surface area contributed by atoms with Crippen LogP contribution in [-0.4, -0.2) is 60.1 Å². The summed E-state index contributed by atoms with van der Waals surface area (Å²) in [6.45, 7) is 15.6. The van der Waals surface area contributed by atoms with Crippen molar-refractivity contribution >= 4 is 0 Å². The molecule has 0 bridgehead atoms. The van der Waals surface area contributed by atoms with Crippen LogP contribution in [0.15, 0.2) is 0 Å². The van der Waals surface area contributed by atoms with Crippen molar-refractivity contribution in [3.8, 4) is 0 Å². The van der Waals surface area contributed by atoms with Crippen molar-refractivity contribution in [2.24, 2.45) is 0 Å². The van der Waals surface area contributed by atoms with Crippen LogP contribution in [0, 0.1) is 0 Å². The van der Waals surface area contributed by atoms with Crippen molar-refractivity contribution in [1.82, 2.24) is 15.1 Å².